The number of halogens is 2. The molecule has 0 aliphatic carbocycles. The minimum atomic E-state index is 0.548. The molecule has 0 saturated heterocycles. The smallest absolute Gasteiger partial charge is 0.227 e. The molecule has 0 fully saturated rings. The van der Waals surface area contributed by atoms with Gasteiger partial charge in [0.25, 0.3) is 0 Å². The minimum absolute atomic E-state index is 0.548. The molecule has 4 aromatic rings. The number of hydrogen-bond donors (Lipinski definition) is 1. The third-order valence-corrected chi connectivity index (χ3v) is 5.10. The van der Waals surface area contributed by atoms with Gasteiger partial charge >= 0.3 is 0 Å². The average molecular weight is 494 g/mol. The zero-order chi connectivity index (χ0) is 24.3. The number of nitrogens with one attached hydrogen (secondary N) is 1. The van der Waals surface area contributed by atoms with Crippen molar-refractivity contribution in [1.29, 1.82) is 0 Å². The van der Waals surface area contributed by atoms with Gasteiger partial charge in [0, 0.05) is 46.5 Å². The van der Waals surface area contributed by atoms with Crippen LogP contribution in [0.3, 0.4) is 0 Å². The predicted octanol–water partition coefficient (Wildman–Crippen LogP) is 6.82. The third kappa shape index (κ3) is 7.83. The second-order valence-corrected chi connectivity index (χ2v) is 8.19. The summed E-state index contributed by atoms with van der Waals surface area (Å²) in [4.78, 5) is 17.6. The standard InChI is InChI=1S/C14H12Cl2N2O.C12H13N3/c1-19-18-14(7-10-3-2-6-17-9-10)12-5-4-11(15)8-13(12)16;1-9-8-10(2)14-12(13-9)15-11-6-4-3-5-7-11/h2-6,8-9H,7H2,1H3;3-8H,1-2H3,(H,13,14,15)/b18-14-;. The summed E-state index contributed by atoms with van der Waals surface area (Å²) in [7, 11) is 1.51. The van der Waals surface area contributed by atoms with Crippen molar-refractivity contribution < 1.29 is 4.84 Å². The zero-order valence-electron chi connectivity index (χ0n) is 19.2. The average Bonchev–Trinajstić information content (AvgIpc) is 2.80. The van der Waals surface area contributed by atoms with Gasteiger partial charge in [0.2, 0.25) is 5.95 Å². The van der Waals surface area contributed by atoms with Gasteiger partial charge in [0.15, 0.2) is 0 Å². The number of oxime groups is 1. The largest absolute Gasteiger partial charge is 0.399 e. The van der Waals surface area contributed by atoms with E-state index in [2.05, 4.69) is 25.4 Å². The second-order valence-electron chi connectivity index (χ2n) is 7.35. The van der Waals surface area contributed by atoms with E-state index in [-0.39, 0.29) is 0 Å². The molecule has 2 aromatic heterocycles. The first-order valence-electron chi connectivity index (χ1n) is 10.5. The van der Waals surface area contributed by atoms with E-state index < -0.39 is 0 Å². The van der Waals surface area contributed by atoms with Gasteiger partial charge in [-0.3, -0.25) is 4.98 Å². The Morgan fingerprint density at radius 3 is 2.29 bits per heavy atom. The van der Waals surface area contributed by atoms with E-state index in [0.29, 0.717) is 22.4 Å². The van der Waals surface area contributed by atoms with Crippen LogP contribution < -0.4 is 5.32 Å². The molecule has 8 heteroatoms. The molecule has 0 amide bonds. The maximum Gasteiger partial charge on any atom is 0.227 e. The Balaban J connectivity index is 0.000000196. The number of anilines is 2. The van der Waals surface area contributed by atoms with Crippen LogP contribution in [-0.4, -0.2) is 27.8 Å². The van der Waals surface area contributed by atoms with Gasteiger partial charge in [-0.25, -0.2) is 9.97 Å². The van der Waals surface area contributed by atoms with Gasteiger partial charge in [-0.1, -0.05) is 58.7 Å². The first kappa shape index (κ1) is 25.1. The molecule has 4 rings (SSSR count). The Hall–Kier alpha value is -3.48. The first-order chi connectivity index (χ1) is 16.4. The summed E-state index contributed by atoms with van der Waals surface area (Å²) < 4.78 is 0. The fourth-order valence-electron chi connectivity index (χ4n) is 3.14. The lowest BCUT2D eigenvalue weighted by molar-refractivity contribution is 0.213. The Morgan fingerprint density at radius 2 is 1.68 bits per heavy atom. The molecule has 0 aliphatic heterocycles. The van der Waals surface area contributed by atoms with Crippen molar-refractivity contribution in [1.82, 2.24) is 15.0 Å². The van der Waals surface area contributed by atoms with Crippen LogP contribution in [0.15, 0.2) is 84.3 Å². The van der Waals surface area contributed by atoms with Crippen LogP contribution in [0.25, 0.3) is 0 Å². The summed E-state index contributed by atoms with van der Waals surface area (Å²) in [6, 6.07) is 21.0. The van der Waals surface area contributed by atoms with Crippen LogP contribution in [-0.2, 0) is 11.3 Å². The van der Waals surface area contributed by atoms with E-state index in [4.69, 9.17) is 28.0 Å². The van der Waals surface area contributed by atoms with Crippen LogP contribution >= 0.6 is 23.2 Å². The minimum Gasteiger partial charge on any atom is -0.399 e. The molecule has 0 saturated carbocycles. The monoisotopic (exact) mass is 493 g/mol. The van der Waals surface area contributed by atoms with Crippen LogP contribution in [0.4, 0.5) is 11.6 Å². The van der Waals surface area contributed by atoms with Crippen molar-refractivity contribution in [2.75, 3.05) is 12.4 Å². The van der Waals surface area contributed by atoms with Crippen molar-refractivity contribution in [3.8, 4) is 0 Å². The highest BCUT2D eigenvalue weighted by Crippen LogP contribution is 2.23. The van der Waals surface area contributed by atoms with Crippen LogP contribution in [0.1, 0.15) is 22.5 Å². The molecular weight excluding hydrogens is 469 g/mol. The van der Waals surface area contributed by atoms with E-state index in [1.807, 2.05) is 68.4 Å². The summed E-state index contributed by atoms with van der Waals surface area (Å²) in [6.07, 6.45) is 4.10. The van der Waals surface area contributed by atoms with Gasteiger partial charge in [-0.15, -0.1) is 0 Å². The van der Waals surface area contributed by atoms with Crippen LogP contribution in [0.2, 0.25) is 10.0 Å². The van der Waals surface area contributed by atoms with Crippen molar-refractivity contribution in [3.05, 3.63) is 112 Å². The SMILES string of the molecule is CO/N=C(/Cc1cccnc1)c1ccc(Cl)cc1Cl.Cc1cc(C)nc(Nc2ccccc2)n1. The van der Waals surface area contributed by atoms with Gasteiger partial charge in [0.05, 0.1) is 10.7 Å². The molecule has 34 heavy (non-hydrogen) atoms. The lowest BCUT2D eigenvalue weighted by Gasteiger charge is -2.08. The fraction of sp³-hybridized carbons (Fsp3) is 0.154. The highest BCUT2D eigenvalue weighted by atomic mass is 35.5. The fourth-order valence-corrected chi connectivity index (χ4v) is 3.66. The molecule has 2 aromatic carbocycles. The summed E-state index contributed by atoms with van der Waals surface area (Å²) in [5.74, 6) is 0.652. The lowest BCUT2D eigenvalue weighted by Crippen LogP contribution is -2.07. The van der Waals surface area contributed by atoms with Gasteiger partial charge < -0.3 is 10.2 Å². The van der Waals surface area contributed by atoms with Crippen molar-refractivity contribution in [2.45, 2.75) is 20.3 Å². The molecule has 0 aliphatic rings. The van der Waals surface area contributed by atoms with Crippen molar-refractivity contribution >= 4 is 40.5 Å². The van der Waals surface area contributed by atoms with Crippen molar-refractivity contribution in [2.24, 2.45) is 5.16 Å². The molecule has 0 unspecified atom stereocenters. The number of pyridine rings is 1. The van der Waals surface area contributed by atoms with Gasteiger partial charge in [-0.2, -0.15) is 0 Å². The Kier molecular flexibility index (Phi) is 9.38. The van der Waals surface area contributed by atoms with Crippen LogP contribution in [0.5, 0.6) is 0 Å². The highest BCUT2D eigenvalue weighted by molar-refractivity contribution is 6.37. The highest BCUT2D eigenvalue weighted by Gasteiger charge is 2.11. The normalized spacial score (nSPS) is 10.8. The van der Waals surface area contributed by atoms with E-state index in [1.165, 1.54) is 7.11 Å². The summed E-state index contributed by atoms with van der Waals surface area (Å²) in [5.41, 5.74) is 5.52. The Labute approximate surface area is 209 Å². The van der Waals surface area contributed by atoms with E-state index in [9.17, 15) is 0 Å². The van der Waals surface area contributed by atoms with E-state index in [0.717, 1.165) is 33.9 Å². The number of rotatable bonds is 6. The topological polar surface area (TPSA) is 72.3 Å². The maximum absolute atomic E-state index is 6.19. The molecule has 0 atom stereocenters. The molecule has 0 spiro atoms. The number of hydrogen-bond acceptors (Lipinski definition) is 6. The Bertz CT molecular complexity index is 1210. The van der Waals surface area contributed by atoms with Gasteiger partial charge in [0.1, 0.15) is 7.11 Å². The molecule has 0 radical (unpaired) electrons. The molecule has 6 nitrogen and oxygen atoms in total. The zero-order valence-corrected chi connectivity index (χ0v) is 20.7. The molecule has 1 N–H and O–H groups in total. The summed E-state index contributed by atoms with van der Waals surface area (Å²) >= 11 is 12.1. The summed E-state index contributed by atoms with van der Waals surface area (Å²) in [5, 5.41) is 8.34. The number of para-hydroxylation sites is 1. The van der Waals surface area contributed by atoms with E-state index >= 15 is 0 Å². The number of benzene rings is 2. The maximum atomic E-state index is 6.19. The Morgan fingerprint density at radius 1 is 0.941 bits per heavy atom. The van der Waals surface area contributed by atoms with Crippen molar-refractivity contribution in [3.63, 3.8) is 0 Å². The van der Waals surface area contributed by atoms with Crippen LogP contribution in [0, 0.1) is 13.8 Å². The molecule has 0 bridgehead atoms. The first-order valence-corrected chi connectivity index (χ1v) is 11.3. The second kappa shape index (κ2) is 12.7. The molecule has 2 heterocycles. The molecular formula is C26H25Cl2N5O. The number of aryl methyl sites for hydroxylation is 2. The van der Waals surface area contributed by atoms with Gasteiger partial charge in [-0.05, 0) is 55.8 Å². The number of nitrogens with zero attached hydrogens (tertiary/aromatic N) is 4. The van der Waals surface area contributed by atoms with E-state index in [1.54, 1.807) is 24.5 Å². The molecule has 174 valence electrons. The third-order valence-electron chi connectivity index (χ3n) is 4.55. The predicted molar refractivity (Wildman–Crippen MR) is 139 cm³/mol. The quantitative estimate of drug-likeness (QED) is 0.235. The number of aromatic nitrogens is 3. The lowest BCUT2D eigenvalue weighted by atomic mass is 10.0. The summed E-state index contributed by atoms with van der Waals surface area (Å²) in [6.45, 7) is 3.93.